The van der Waals surface area contributed by atoms with Crippen LogP contribution in [-0.2, 0) is 6.42 Å². The molecule has 96 valence electrons. The van der Waals surface area contributed by atoms with Gasteiger partial charge in [0.15, 0.2) is 0 Å². The summed E-state index contributed by atoms with van der Waals surface area (Å²) in [6.07, 6.45) is 1.86. The zero-order valence-corrected chi connectivity index (χ0v) is 11.2. The van der Waals surface area contributed by atoms with Crippen molar-refractivity contribution in [2.45, 2.75) is 45.8 Å². The van der Waals surface area contributed by atoms with Gasteiger partial charge in [0, 0.05) is 12.6 Å². The minimum atomic E-state index is -0.250. The van der Waals surface area contributed by atoms with Gasteiger partial charge in [0.1, 0.15) is 0 Å². The highest BCUT2D eigenvalue weighted by atomic mass is 16.3. The lowest BCUT2D eigenvalue weighted by atomic mass is 10.0. The Balaban J connectivity index is 2.39. The van der Waals surface area contributed by atoms with Gasteiger partial charge in [0.25, 0.3) is 0 Å². The normalized spacial score (nSPS) is 14.9. The van der Waals surface area contributed by atoms with Crippen molar-refractivity contribution < 1.29 is 5.11 Å². The van der Waals surface area contributed by atoms with E-state index in [9.17, 15) is 5.11 Å². The molecule has 1 rings (SSSR count). The molecule has 0 aliphatic rings. The third-order valence-electron chi connectivity index (χ3n) is 3.20. The van der Waals surface area contributed by atoms with E-state index in [0.29, 0.717) is 18.5 Å². The molecule has 2 atom stereocenters. The summed E-state index contributed by atoms with van der Waals surface area (Å²) in [5.74, 6) is 0.316. The highest BCUT2D eigenvalue weighted by molar-refractivity contribution is 5.15. The van der Waals surface area contributed by atoms with Crippen LogP contribution in [0.2, 0.25) is 0 Å². The fraction of sp³-hybridized carbons (Fsp3) is 0.600. The number of hydrogen-bond acceptors (Lipinski definition) is 2. The molecule has 17 heavy (non-hydrogen) atoms. The quantitative estimate of drug-likeness (QED) is 0.761. The van der Waals surface area contributed by atoms with Crippen LogP contribution in [0.4, 0.5) is 0 Å². The maximum atomic E-state index is 9.77. The fourth-order valence-electron chi connectivity index (χ4n) is 1.78. The maximum Gasteiger partial charge on any atom is 0.0687 e. The SMILES string of the molecule is CCC(Cc1ccccc1)NCC(O)C(C)C. The highest BCUT2D eigenvalue weighted by Gasteiger charge is 2.12. The van der Waals surface area contributed by atoms with E-state index in [4.69, 9.17) is 0 Å². The van der Waals surface area contributed by atoms with Crippen LogP contribution in [0.1, 0.15) is 32.8 Å². The standard InChI is InChI=1S/C15H25NO/c1-4-14(16-11-15(17)12(2)3)10-13-8-6-5-7-9-13/h5-9,12,14-17H,4,10-11H2,1-3H3. The fourth-order valence-corrected chi connectivity index (χ4v) is 1.78. The molecule has 2 unspecified atom stereocenters. The van der Waals surface area contributed by atoms with Gasteiger partial charge in [-0.2, -0.15) is 0 Å². The van der Waals surface area contributed by atoms with Crippen LogP contribution in [0.5, 0.6) is 0 Å². The topological polar surface area (TPSA) is 32.3 Å². The second kappa shape index (κ2) is 7.46. The molecule has 0 fully saturated rings. The van der Waals surface area contributed by atoms with Crippen molar-refractivity contribution >= 4 is 0 Å². The molecule has 2 nitrogen and oxygen atoms in total. The van der Waals surface area contributed by atoms with Gasteiger partial charge >= 0.3 is 0 Å². The Morgan fingerprint density at radius 3 is 2.35 bits per heavy atom. The Kier molecular flexibility index (Phi) is 6.23. The number of nitrogens with one attached hydrogen (secondary N) is 1. The summed E-state index contributed by atoms with van der Waals surface area (Å²) in [4.78, 5) is 0. The Bertz CT molecular complexity index is 297. The summed E-state index contributed by atoms with van der Waals surface area (Å²) in [7, 11) is 0. The molecule has 1 aromatic rings. The summed E-state index contributed by atoms with van der Waals surface area (Å²) in [6.45, 7) is 6.96. The van der Waals surface area contributed by atoms with E-state index in [0.717, 1.165) is 12.8 Å². The van der Waals surface area contributed by atoms with Gasteiger partial charge in [-0.25, -0.2) is 0 Å². The van der Waals surface area contributed by atoms with Crippen molar-refractivity contribution in [3.63, 3.8) is 0 Å². The van der Waals surface area contributed by atoms with E-state index >= 15 is 0 Å². The maximum absolute atomic E-state index is 9.77. The van der Waals surface area contributed by atoms with Gasteiger partial charge in [0.05, 0.1) is 6.10 Å². The lowest BCUT2D eigenvalue weighted by Crippen LogP contribution is -2.38. The van der Waals surface area contributed by atoms with E-state index < -0.39 is 0 Å². The van der Waals surface area contributed by atoms with Crippen LogP contribution in [0.15, 0.2) is 30.3 Å². The zero-order chi connectivity index (χ0) is 12.7. The molecule has 0 amide bonds. The number of hydrogen-bond donors (Lipinski definition) is 2. The zero-order valence-electron chi connectivity index (χ0n) is 11.2. The minimum Gasteiger partial charge on any atom is -0.392 e. The minimum absolute atomic E-state index is 0.250. The number of aliphatic hydroxyl groups is 1. The summed E-state index contributed by atoms with van der Waals surface area (Å²) in [6, 6.07) is 11.0. The number of rotatable bonds is 7. The highest BCUT2D eigenvalue weighted by Crippen LogP contribution is 2.06. The molecule has 0 aliphatic heterocycles. The number of aliphatic hydroxyl groups excluding tert-OH is 1. The van der Waals surface area contributed by atoms with E-state index in [1.54, 1.807) is 0 Å². The van der Waals surface area contributed by atoms with Gasteiger partial charge < -0.3 is 10.4 Å². The Labute approximate surface area is 105 Å². The Morgan fingerprint density at radius 2 is 1.82 bits per heavy atom. The van der Waals surface area contributed by atoms with Gasteiger partial charge in [0.2, 0.25) is 0 Å². The smallest absolute Gasteiger partial charge is 0.0687 e. The first-order valence-electron chi connectivity index (χ1n) is 6.58. The molecule has 2 N–H and O–H groups in total. The molecular formula is C15H25NO. The van der Waals surface area contributed by atoms with Crippen molar-refractivity contribution in [2.24, 2.45) is 5.92 Å². The average molecular weight is 235 g/mol. The molecule has 0 saturated carbocycles. The summed E-state index contributed by atoms with van der Waals surface area (Å²) < 4.78 is 0. The van der Waals surface area contributed by atoms with E-state index in [1.807, 2.05) is 19.9 Å². The monoisotopic (exact) mass is 235 g/mol. The van der Waals surface area contributed by atoms with E-state index in [2.05, 4.69) is 36.5 Å². The van der Waals surface area contributed by atoms with Gasteiger partial charge in [-0.1, -0.05) is 51.1 Å². The lowest BCUT2D eigenvalue weighted by molar-refractivity contribution is 0.119. The third kappa shape index (κ3) is 5.33. The first-order valence-corrected chi connectivity index (χ1v) is 6.58. The Hall–Kier alpha value is -0.860. The second-order valence-corrected chi connectivity index (χ2v) is 5.01. The molecule has 0 bridgehead atoms. The molecule has 0 radical (unpaired) electrons. The first kappa shape index (κ1) is 14.2. The van der Waals surface area contributed by atoms with E-state index in [1.165, 1.54) is 5.56 Å². The van der Waals surface area contributed by atoms with Crippen LogP contribution in [0, 0.1) is 5.92 Å². The van der Waals surface area contributed by atoms with E-state index in [-0.39, 0.29) is 6.10 Å². The molecule has 0 aromatic heterocycles. The van der Waals surface area contributed by atoms with Crippen molar-refractivity contribution in [3.05, 3.63) is 35.9 Å². The third-order valence-corrected chi connectivity index (χ3v) is 3.20. The summed E-state index contributed by atoms with van der Waals surface area (Å²) >= 11 is 0. The molecule has 0 heterocycles. The van der Waals surface area contributed by atoms with Crippen LogP contribution in [0.25, 0.3) is 0 Å². The molecule has 0 spiro atoms. The molecule has 2 heteroatoms. The summed E-state index contributed by atoms with van der Waals surface area (Å²) in [5.41, 5.74) is 1.35. The second-order valence-electron chi connectivity index (χ2n) is 5.01. The van der Waals surface area contributed by atoms with Gasteiger partial charge in [-0.3, -0.25) is 0 Å². The molecule has 0 aliphatic carbocycles. The van der Waals surface area contributed by atoms with Crippen LogP contribution >= 0.6 is 0 Å². The summed E-state index contributed by atoms with van der Waals surface area (Å²) in [5, 5.41) is 13.2. The molecule has 0 saturated heterocycles. The van der Waals surface area contributed by atoms with Crippen LogP contribution in [-0.4, -0.2) is 23.8 Å². The van der Waals surface area contributed by atoms with Crippen molar-refractivity contribution in [3.8, 4) is 0 Å². The van der Waals surface area contributed by atoms with Crippen molar-refractivity contribution in [1.82, 2.24) is 5.32 Å². The van der Waals surface area contributed by atoms with Crippen molar-refractivity contribution in [1.29, 1.82) is 0 Å². The largest absolute Gasteiger partial charge is 0.392 e. The van der Waals surface area contributed by atoms with Crippen LogP contribution < -0.4 is 5.32 Å². The number of benzene rings is 1. The average Bonchev–Trinajstić information content (AvgIpc) is 2.35. The molecule has 1 aromatic carbocycles. The predicted octanol–water partition coefficient (Wildman–Crippen LogP) is 2.61. The van der Waals surface area contributed by atoms with Gasteiger partial charge in [-0.05, 0) is 24.3 Å². The first-order chi connectivity index (χ1) is 8.13. The predicted molar refractivity (Wildman–Crippen MR) is 73.1 cm³/mol. The van der Waals surface area contributed by atoms with Crippen LogP contribution in [0.3, 0.4) is 0 Å². The lowest BCUT2D eigenvalue weighted by Gasteiger charge is -2.21. The molecular weight excluding hydrogens is 210 g/mol. The van der Waals surface area contributed by atoms with Gasteiger partial charge in [-0.15, -0.1) is 0 Å². The van der Waals surface area contributed by atoms with Crippen molar-refractivity contribution in [2.75, 3.05) is 6.54 Å². The Morgan fingerprint density at radius 1 is 1.18 bits per heavy atom.